The van der Waals surface area contributed by atoms with Crippen molar-refractivity contribution < 1.29 is 4.79 Å². The largest absolute Gasteiger partial charge is 0.393 e. The number of thiocarbonyl (C=S) groups is 1. The van der Waals surface area contributed by atoms with Crippen LogP contribution in [0.15, 0.2) is 0 Å². The monoisotopic (exact) mass is 301 g/mol. The molecule has 0 saturated carbocycles. The standard InChI is InChI=1S/C15H31N3OS/c1-5-13(6-2)12-18(7-3)11-9-15(19)17(4)10-8-14(16)20/h13H,5-12H2,1-4H3,(H2,16,20). The number of amides is 1. The number of hydrogen-bond donors (Lipinski definition) is 1. The molecule has 1 amide bonds. The van der Waals surface area contributed by atoms with Crippen LogP contribution in [0.25, 0.3) is 0 Å². The van der Waals surface area contributed by atoms with E-state index in [-0.39, 0.29) is 5.91 Å². The Kier molecular flexibility index (Phi) is 10.7. The van der Waals surface area contributed by atoms with Crippen LogP contribution in [0.4, 0.5) is 0 Å². The first-order chi connectivity index (χ1) is 9.44. The Balaban J connectivity index is 4.08. The first kappa shape index (κ1) is 19.3. The fourth-order valence-electron chi connectivity index (χ4n) is 2.14. The molecule has 2 N–H and O–H groups in total. The summed E-state index contributed by atoms with van der Waals surface area (Å²) in [6, 6.07) is 0. The van der Waals surface area contributed by atoms with Crippen LogP contribution in [0.3, 0.4) is 0 Å². The van der Waals surface area contributed by atoms with E-state index in [2.05, 4.69) is 25.7 Å². The SMILES string of the molecule is CCC(CC)CN(CC)CCC(=O)N(C)CCC(N)=S. The number of carbonyl (C=O) groups excluding carboxylic acids is 1. The van der Waals surface area contributed by atoms with Crippen molar-refractivity contribution in [1.29, 1.82) is 0 Å². The van der Waals surface area contributed by atoms with Crippen LogP contribution >= 0.6 is 12.2 Å². The van der Waals surface area contributed by atoms with E-state index in [0.717, 1.165) is 25.6 Å². The van der Waals surface area contributed by atoms with Gasteiger partial charge in [-0.3, -0.25) is 4.79 Å². The topological polar surface area (TPSA) is 49.6 Å². The minimum absolute atomic E-state index is 0.171. The van der Waals surface area contributed by atoms with E-state index < -0.39 is 0 Å². The van der Waals surface area contributed by atoms with E-state index in [1.54, 1.807) is 4.90 Å². The maximum Gasteiger partial charge on any atom is 0.223 e. The van der Waals surface area contributed by atoms with Crippen LogP contribution in [0.5, 0.6) is 0 Å². The molecule has 0 rings (SSSR count). The van der Waals surface area contributed by atoms with E-state index >= 15 is 0 Å². The Morgan fingerprint density at radius 3 is 2.20 bits per heavy atom. The summed E-state index contributed by atoms with van der Waals surface area (Å²) >= 11 is 4.83. The van der Waals surface area contributed by atoms with Gasteiger partial charge in [0.2, 0.25) is 5.91 Å². The normalized spacial score (nSPS) is 11.1. The molecule has 0 unspecified atom stereocenters. The Morgan fingerprint density at radius 1 is 1.15 bits per heavy atom. The predicted octanol–water partition coefficient (Wildman–Crippen LogP) is 2.27. The molecule has 0 aromatic rings. The highest BCUT2D eigenvalue weighted by molar-refractivity contribution is 7.80. The molecule has 0 radical (unpaired) electrons. The van der Waals surface area contributed by atoms with Crippen LogP contribution in [0.1, 0.15) is 46.5 Å². The van der Waals surface area contributed by atoms with Gasteiger partial charge in [0.05, 0.1) is 4.99 Å². The van der Waals surface area contributed by atoms with Crippen molar-refractivity contribution in [3.63, 3.8) is 0 Å². The van der Waals surface area contributed by atoms with Gasteiger partial charge in [-0.25, -0.2) is 0 Å². The average Bonchev–Trinajstić information content (AvgIpc) is 2.44. The second kappa shape index (κ2) is 11.0. The molecule has 0 fully saturated rings. The Bertz CT molecular complexity index is 293. The number of carbonyl (C=O) groups is 1. The second-order valence-electron chi connectivity index (χ2n) is 5.36. The first-order valence-electron chi connectivity index (χ1n) is 7.69. The Labute approximate surface area is 129 Å². The molecule has 0 aliphatic rings. The third-order valence-corrected chi connectivity index (χ3v) is 4.08. The summed E-state index contributed by atoms with van der Waals surface area (Å²) < 4.78 is 0. The van der Waals surface area contributed by atoms with Crippen LogP contribution < -0.4 is 5.73 Å². The van der Waals surface area contributed by atoms with Gasteiger partial charge in [-0.15, -0.1) is 0 Å². The van der Waals surface area contributed by atoms with Gasteiger partial charge in [0, 0.05) is 39.5 Å². The smallest absolute Gasteiger partial charge is 0.223 e. The van der Waals surface area contributed by atoms with Gasteiger partial charge < -0.3 is 15.5 Å². The second-order valence-corrected chi connectivity index (χ2v) is 5.88. The van der Waals surface area contributed by atoms with Crippen molar-refractivity contribution in [2.24, 2.45) is 11.7 Å². The lowest BCUT2D eigenvalue weighted by Crippen LogP contribution is -2.35. The lowest BCUT2D eigenvalue weighted by molar-refractivity contribution is -0.130. The molecule has 0 heterocycles. The van der Waals surface area contributed by atoms with Crippen molar-refractivity contribution >= 4 is 23.1 Å². The average molecular weight is 301 g/mol. The number of hydrogen-bond acceptors (Lipinski definition) is 3. The van der Waals surface area contributed by atoms with Crippen molar-refractivity contribution in [2.45, 2.75) is 46.5 Å². The molecule has 0 aliphatic heterocycles. The lowest BCUT2D eigenvalue weighted by Gasteiger charge is -2.26. The van der Waals surface area contributed by atoms with E-state index in [0.29, 0.717) is 24.4 Å². The first-order valence-corrected chi connectivity index (χ1v) is 8.09. The van der Waals surface area contributed by atoms with Crippen molar-refractivity contribution in [2.75, 3.05) is 33.2 Å². The fourth-order valence-corrected chi connectivity index (χ4v) is 2.23. The lowest BCUT2D eigenvalue weighted by atomic mass is 10.0. The molecule has 0 bridgehead atoms. The zero-order valence-corrected chi connectivity index (χ0v) is 14.3. The van der Waals surface area contributed by atoms with E-state index in [1.165, 1.54) is 12.8 Å². The molecule has 0 spiro atoms. The summed E-state index contributed by atoms with van der Waals surface area (Å²) in [6.45, 7) is 10.2. The summed E-state index contributed by atoms with van der Waals surface area (Å²) in [6.07, 6.45) is 3.58. The van der Waals surface area contributed by atoms with Gasteiger partial charge in [0.25, 0.3) is 0 Å². The van der Waals surface area contributed by atoms with Gasteiger partial charge >= 0.3 is 0 Å². The van der Waals surface area contributed by atoms with E-state index in [1.807, 2.05) is 7.05 Å². The van der Waals surface area contributed by atoms with Crippen LogP contribution in [0.2, 0.25) is 0 Å². The maximum atomic E-state index is 12.0. The minimum Gasteiger partial charge on any atom is -0.393 e. The van der Waals surface area contributed by atoms with Crippen molar-refractivity contribution in [3.05, 3.63) is 0 Å². The number of nitrogens with zero attached hydrogens (tertiary/aromatic N) is 2. The highest BCUT2D eigenvalue weighted by Gasteiger charge is 2.13. The van der Waals surface area contributed by atoms with Crippen molar-refractivity contribution in [3.8, 4) is 0 Å². The quantitative estimate of drug-likeness (QED) is 0.595. The number of nitrogens with two attached hydrogens (primary N) is 1. The molecule has 0 atom stereocenters. The summed E-state index contributed by atoms with van der Waals surface area (Å²) in [5.41, 5.74) is 5.46. The van der Waals surface area contributed by atoms with E-state index in [9.17, 15) is 4.79 Å². The fraction of sp³-hybridized carbons (Fsp3) is 0.867. The highest BCUT2D eigenvalue weighted by atomic mass is 32.1. The molecule has 20 heavy (non-hydrogen) atoms. The summed E-state index contributed by atoms with van der Waals surface area (Å²) in [4.78, 5) is 16.6. The van der Waals surface area contributed by atoms with Gasteiger partial charge in [0.15, 0.2) is 0 Å². The molecule has 5 heteroatoms. The van der Waals surface area contributed by atoms with Crippen LogP contribution in [-0.4, -0.2) is 53.9 Å². The Hall–Kier alpha value is -0.680. The van der Waals surface area contributed by atoms with Crippen LogP contribution in [0, 0.1) is 5.92 Å². The van der Waals surface area contributed by atoms with Gasteiger partial charge in [-0.2, -0.15) is 0 Å². The summed E-state index contributed by atoms with van der Waals surface area (Å²) in [5.74, 6) is 0.904. The molecule has 4 nitrogen and oxygen atoms in total. The molecule has 0 aromatic heterocycles. The molecule has 118 valence electrons. The molecule has 0 saturated heterocycles. The minimum atomic E-state index is 0.171. The van der Waals surface area contributed by atoms with Gasteiger partial charge in [0.1, 0.15) is 0 Å². The molecule has 0 aliphatic carbocycles. The molecular formula is C15H31N3OS. The highest BCUT2D eigenvalue weighted by Crippen LogP contribution is 2.10. The van der Waals surface area contributed by atoms with Gasteiger partial charge in [-0.05, 0) is 12.5 Å². The molecular weight excluding hydrogens is 270 g/mol. The van der Waals surface area contributed by atoms with Gasteiger partial charge in [-0.1, -0.05) is 45.8 Å². The maximum absolute atomic E-state index is 12.0. The third-order valence-electron chi connectivity index (χ3n) is 3.88. The van der Waals surface area contributed by atoms with E-state index in [4.69, 9.17) is 18.0 Å². The zero-order valence-electron chi connectivity index (χ0n) is 13.5. The zero-order chi connectivity index (χ0) is 15.5. The van der Waals surface area contributed by atoms with Crippen LogP contribution in [-0.2, 0) is 4.79 Å². The molecule has 0 aromatic carbocycles. The number of rotatable bonds is 11. The predicted molar refractivity (Wildman–Crippen MR) is 89.8 cm³/mol. The third kappa shape index (κ3) is 8.48. The summed E-state index contributed by atoms with van der Waals surface area (Å²) in [5, 5.41) is 0. The van der Waals surface area contributed by atoms with Crippen molar-refractivity contribution in [1.82, 2.24) is 9.80 Å². The Morgan fingerprint density at radius 2 is 1.75 bits per heavy atom. The summed E-state index contributed by atoms with van der Waals surface area (Å²) in [7, 11) is 1.82.